The topological polar surface area (TPSA) is 89.9 Å². The van der Waals surface area contributed by atoms with Crippen LogP contribution in [-0.4, -0.2) is 76.0 Å². The number of likely N-dealkylation sites (tertiary alicyclic amines) is 1. The number of ether oxygens (including phenoxy) is 2. The van der Waals surface area contributed by atoms with E-state index in [0.717, 1.165) is 43.2 Å². The Bertz CT molecular complexity index is 1100. The molecule has 2 fully saturated rings. The van der Waals surface area contributed by atoms with Crippen molar-refractivity contribution in [3.63, 3.8) is 0 Å². The van der Waals surface area contributed by atoms with Crippen molar-refractivity contribution in [3.8, 4) is 5.75 Å². The van der Waals surface area contributed by atoms with Gasteiger partial charge in [-0.05, 0) is 44.7 Å². The highest BCUT2D eigenvalue weighted by molar-refractivity contribution is 6.05. The number of hydrogen-bond donors (Lipinski definition) is 3. The number of benzene rings is 1. The average molecular weight is 530 g/mol. The molecule has 0 amide bonds. The van der Waals surface area contributed by atoms with E-state index >= 15 is 4.39 Å². The van der Waals surface area contributed by atoms with Crippen LogP contribution in [0.3, 0.4) is 0 Å². The van der Waals surface area contributed by atoms with Gasteiger partial charge in [0.2, 0.25) is 0 Å². The second-order valence-electron chi connectivity index (χ2n) is 10.7. The third-order valence-electron chi connectivity index (χ3n) is 6.96. The fraction of sp³-hybridized carbons (Fsp3) is 0.586. The lowest BCUT2D eigenvalue weighted by Crippen LogP contribution is -2.44. The lowest BCUT2D eigenvalue weighted by atomic mass is 9.84. The molecule has 9 heteroatoms. The minimum atomic E-state index is -0.536. The molecule has 0 aliphatic carbocycles. The van der Waals surface area contributed by atoms with Gasteiger partial charge in [0.15, 0.2) is 17.4 Å². The maximum absolute atomic E-state index is 15.5. The van der Waals surface area contributed by atoms with Crippen LogP contribution in [0.15, 0.2) is 35.0 Å². The zero-order chi connectivity index (χ0) is 28.0. The van der Waals surface area contributed by atoms with Gasteiger partial charge in [0, 0.05) is 56.0 Å². The smallest absolute Gasteiger partial charge is 0.182 e. The first-order valence-electron chi connectivity index (χ1n) is 13.5. The number of nitrogens with zero attached hydrogens (tertiary/aromatic N) is 2. The fourth-order valence-electron chi connectivity index (χ4n) is 4.95. The Hall–Kier alpha value is -3.07. The number of ketones is 1. The Balaban J connectivity index is 1.92. The highest BCUT2D eigenvalue weighted by Crippen LogP contribution is 2.40. The van der Waals surface area contributed by atoms with E-state index in [2.05, 4.69) is 36.3 Å². The van der Waals surface area contributed by atoms with E-state index in [9.17, 15) is 4.79 Å². The van der Waals surface area contributed by atoms with Crippen molar-refractivity contribution in [2.75, 3.05) is 64.4 Å². The summed E-state index contributed by atoms with van der Waals surface area (Å²) in [5.41, 5.74) is 3.08. The quantitative estimate of drug-likeness (QED) is 0.306. The monoisotopic (exact) mass is 529 g/mol. The third-order valence-corrected chi connectivity index (χ3v) is 6.96. The average Bonchev–Trinajstić information content (AvgIpc) is 3.25. The van der Waals surface area contributed by atoms with Gasteiger partial charge in [-0.15, -0.1) is 0 Å². The minimum absolute atomic E-state index is 0.00634. The van der Waals surface area contributed by atoms with Crippen LogP contribution in [0.2, 0.25) is 0 Å². The molecule has 210 valence electrons. The summed E-state index contributed by atoms with van der Waals surface area (Å²) in [6.45, 7) is 16.6. The number of carbonyl (C=O) groups excluding carboxylic acids is 1. The molecule has 0 spiro atoms. The molecule has 0 bridgehead atoms. The van der Waals surface area contributed by atoms with Gasteiger partial charge in [-0.2, -0.15) is 0 Å². The molecular weight excluding hydrogens is 485 g/mol. The summed E-state index contributed by atoms with van der Waals surface area (Å²) in [6, 6.07) is 3.83. The van der Waals surface area contributed by atoms with Crippen LogP contribution in [0.25, 0.3) is 0 Å². The van der Waals surface area contributed by atoms with Gasteiger partial charge in [-0.25, -0.2) is 4.39 Å². The summed E-state index contributed by atoms with van der Waals surface area (Å²) in [6.07, 6.45) is 0.343. The molecule has 2 saturated heterocycles. The summed E-state index contributed by atoms with van der Waals surface area (Å²) in [7, 11) is 1.68. The third kappa shape index (κ3) is 6.49. The number of piperazine rings is 1. The first-order valence-corrected chi connectivity index (χ1v) is 13.5. The summed E-state index contributed by atoms with van der Waals surface area (Å²) < 4.78 is 27.0. The molecule has 2 aliphatic heterocycles. The standard InChI is InChI=1S/C29H44FN5O3/c1-8-33-19(3)26(38-9-2)25(30)21-10-13-35(28(21)31)18-24(36)20-16-22(29(4,5)6)27(37-7)23(17-20)34-14-11-32-12-15-34/h16-17,31-33H,8-15,18H2,1-7H3/b25-21-,26-19-,31-28?. The van der Waals surface area contributed by atoms with E-state index in [1.807, 2.05) is 19.1 Å². The van der Waals surface area contributed by atoms with Gasteiger partial charge < -0.3 is 29.9 Å². The molecule has 0 saturated carbocycles. The number of hydrogen-bond acceptors (Lipinski definition) is 7. The lowest BCUT2D eigenvalue weighted by Gasteiger charge is -2.33. The second-order valence-corrected chi connectivity index (χ2v) is 10.7. The molecule has 1 aromatic carbocycles. The first kappa shape index (κ1) is 29.5. The Morgan fingerprint density at radius 3 is 2.45 bits per heavy atom. The molecule has 2 aliphatic rings. The van der Waals surface area contributed by atoms with E-state index in [1.165, 1.54) is 0 Å². The Morgan fingerprint density at radius 2 is 1.87 bits per heavy atom. The Morgan fingerprint density at radius 1 is 1.18 bits per heavy atom. The van der Waals surface area contributed by atoms with Crippen LogP contribution >= 0.6 is 0 Å². The van der Waals surface area contributed by atoms with E-state index < -0.39 is 5.83 Å². The highest BCUT2D eigenvalue weighted by atomic mass is 19.1. The summed E-state index contributed by atoms with van der Waals surface area (Å²) in [5.74, 6) is 0.316. The number of halogens is 1. The van der Waals surface area contributed by atoms with Crippen molar-refractivity contribution in [2.45, 2.75) is 53.4 Å². The summed E-state index contributed by atoms with van der Waals surface area (Å²) >= 11 is 0. The zero-order valence-electron chi connectivity index (χ0n) is 24.0. The maximum atomic E-state index is 15.5. The number of methoxy groups -OCH3 is 1. The van der Waals surface area contributed by atoms with Crippen LogP contribution < -0.4 is 20.3 Å². The molecule has 0 unspecified atom stereocenters. The Kier molecular flexibility index (Phi) is 9.82. The summed E-state index contributed by atoms with van der Waals surface area (Å²) in [5, 5.41) is 15.1. The lowest BCUT2D eigenvalue weighted by molar-refractivity contribution is 0.0965. The van der Waals surface area contributed by atoms with Gasteiger partial charge in [-0.3, -0.25) is 10.2 Å². The van der Waals surface area contributed by atoms with Gasteiger partial charge >= 0.3 is 0 Å². The van der Waals surface area contributed by atoms with Crippen molar-refractivity contribution in [1.82, 2.24) is 15.5 Å². The van der Waals surface area contributed by atoms with E-state index in [4.69, 9.17) is 14.9 Å². The molecule has 0 aromatic heterocycles. The number of nitrogens with one attached hydrogen (secondary N) is 3. The minimum Gasteiger partial charge on any atom is -0.494 e. The van der Waals surface area contributed by atoms with Crippen LogP contribution in [0.5, 0.6) is 5.75 Å². The second kappa shape index (κ2) is 12.7. The number of carbonyl (C=O) groups is 1. The molecule has 38 heavy (non-hydrogen) atoms. The van der Waals surface area contributed by atoms with Crippen LogP contribution in [0, 0.1) is 5.41 Å². The van der Waals surface area contributed by atoms with Crippen LogP contribution in [0.1, 0.15) is 63.9 Å². The maximum Gasteiger partial charge on any atom is 0.182 e. The van der Waals surface area contributed by atoms with E-state index in [1.54, 1.807) is 25.9 Å². The predicted molar refractivity (Wildman–Crippen MR) is 151 cm³/mol. The molecule has 3 N–H and O–H groups in total. The van der Waals surface area contributed by atoms with Crippen LogP contribution in [-0.2, 0) is 10.2 Å². The Labute approximate surface area is 226 Å². The van der Waals surface area contributed by atoms with E-state index in [0.29, 0.717) is 37.4 Å². The fourth-order valence-corrected chi connectivity index (χ4v) is 4.95. The van der Waals surface area contributed by atoms with Gasteiger partial charge in [-0.1, -0.05) is 20.8 Å². The van der Waals surface area contributed by atoms with E-state index in [-0.39, 0.29) is 34.9 Å². The highest BCUT2D eigenvalue weighted by Gasteiger charge is 2.31. The zero-order valence-corrected chi connectivity index (χ0v) is 24.0. The van der Waals surface area contributed by atoms with Crippen molar-refractivity contribution < 1.29 is 18.7 Å². The molecule has 2 heterocycles. The summed E-state index contributed by atoms with van der Waals surface area (Å²) in [4.78, 5) is 17.5. The van der Waals surface area contributed by atoms with Gasteiger partial charge in [0.25, 0.3) is 0 Å². The van der Waals surface area contributed by atoms with Crippen molar-refractivity contribution >= 4 is 17.3 Å². The number of anilines is 1. The number of amidine groups is 1. The molecule has 8 nitrogen and oxygen atoms in total. The van der Waals surface area contributed by atoms with Crippen molar-refractivity contribution in [2.24, 2.45) is 0 Å². The van der Waals surface area contributed by atoms with Gasteiger partial charge in [0.05, 0.1) is 31.6 Å². The molecule has 1 aromatic rings. The number of allylic oxidation sites excluding steroid dienone is 2. The number of Topliss-reactive ketones (excluding diaryl/α,β-unsaturated/α-hetero) is 1. The van der Waals surface area contributed by atoms with Crippen molar-refractivity contribution in [3.05, 3.63) is 46.1 Å². The predicted octanol–water partition coefficient (Wildman–Crippen LogP) is 4.37. The number of rotatable bonds is 10. The van der Waals surface area contributed by atoms with Crippen LogP contribution in [0.4, 0.5) is 10.1 Å². The molecule has 0 atom stereocenters. The molecule has 3 rings (SSSR count). The normalized spacial score (nSPS) is 18.4. The van der Waals surface area contributed by atoms with Crippen molar-refractivity contribution in [1.29, 1.82) is 5.41 Å². The molecule has 0 radical (unpaired) electrons. The SMILES string of the molecule is CCN/C(C)=C(OCC)/C(F)=C1\CCN(CC(=O)c2cc(N3CCNCC3)c(OC)c(C(C)(C)C)c2)C1=N. The molecular formula is C29H44FN5O3. The van der Waals surface area contributed by atoms with Gasteiger partial charge in [0.1, 0.15) is 11.6 Å². The largest absolute Gasteiger partial charge is 0.494 e. The first-order chi connectivity index (χ1) is 18.0.